The van der Waals surface area contributed by atoms with Crippen LogP contribution in [0, 0.1) is 11.3 Å². The highest BCUT2D eigenvalue weighted by atomic mass is 35.5. The Kier molecular flexibility index (Phi) is 4.79. The Morgan fingerprint density at radius 3 is 2.72 bits per heavy atom. The molecule has 29 heavy (non-hydrogen) atoms. The summed E-state index contributed by atoms with van der Waals surface area (Å²) in [6.45, 7) is 0. The fourth-order valence-electron chi connectivity index (χ4n) is 3.48. The molecule has 3 aromatic rings. The number of nitriles is 1. The van der Waals surface area contributed by atoms with E-state index in [1.807, 2.05) is 18.2 Å². The summed E-state index contributed by atoms with van der Waals surface area (Å²) in [6.07, 6.45) is 0. The number of methoxy groups -OCH3 is 2. The molecule has 146 valence electrons. The van der Waals surface area contributed by atoms with Gasteiger partial charge in [-0.2, -0.15) is 5.26 Å². The number of aromatic amines is 1. The van der Waals surface area contributed by atoms with Gasteiger partial charge >= 0.3 is 0 Å². The molecule has 0 bridgehead atoms. The average Bonchev–Trinajstić information content (AvgIpc) is 3.15. The fraction of sp³-hybridized carbons (Fsp3) is 0.143. The van der Waals surface area contributed by atoms with Crippen LogP contribution in [0.1, 0.15) is 17.0 Å². The van der Waals surface area contributed by atoms with E-state index in [9.17, 15) is 5.26 Å². The average molecular weight is 409 g/mol. The lowest BCUT2D eigenvalue weighted by atomic mass is 9.83. The van der Waals surface area contributed by atoms with Crippen molar-refractivity contribution in [1.82, 2.24) is 10.2 Å². The van der Waals surface area contributed by atoms with Crippen LogP contribution in [-0.4, -0.2) is 24.4 Å². The molecule has 0 unspecified atom stereocenters. The van der Waals surface area contributed by atoms with Crippen LogP contribution >= 0.6 is 11.6 Å². The highest BCUT2D eigenvalue weighted by molar-refractivity contribution is 6.30. The topological polar surface area (TPSA) is 106 Å². The Labute approximate surface area is 172 Å². The van der Waals surface area contributed by atoms with E-state index in [2.05, 4.69) is 16.3 Å². The van der Waals surface area contributed by atoms with Gasteiger partial charge in [-0.25, -0.2) is 0 Å². The number of halogens is 1. The third-order valence-electron chi connectivity index (χ3n) is 4.80. The maximum absolute atomic E-state index is 9.79. The zero-order valence-corrected chi connectivity index (χ0v) is 16.4. The second-order valence-electron chi connectivity index (χ2n) is 6.36. The zero-order chi connectivity index (χ0) is 20.5. The largest absolute Gasteiger partial charge is 0.497 e. The Bertz CT molecular complexity index is 1160. The SMILES string of the molecule is COc1ccc(OC)c(-c2[nH]nc3c2[C@H](c2cccc(Cl)c2)C(C#N)=C(N)O3)c1. The zero-order valence-electron chi connectivity index (χ0n) is 15.7. The van der Waals surface area contributed by atoms with Crippen molar-refractivity contribution in [3.8, 4) is 34.7 Å². The molecular weight excluding hydrogens is 392 g/mol. The van der Waals surface area contributed by atoms with Crippen molar-refractivity contribution in [2.24, 2.45) is 5.73 Å². The minimum Gasteiger partial charge on any atom is -0.497 e. The van der Waals surface area contributed by atoms with Crippen molar-refractivity contribution in [2.75, 3.05) is 14.2 Å². The molecule has 8 heteroatoms. The normalized spacial score (nSPS) is 15.3. The minimum atomic E-state index is -0.507. The van der Waals surface area contributed by atoms with E-state index >= 15 is 0 Å². The van der Waals surface area contributed by atoms with Crippen LogP contribution in [-0.2, 0) is 0 Å². The lowest BCUT2D eigenvalue weighted by Crippen LogP contribution is -2.21. The van der Waals surface area contributed by atoms with E-state index in [-0.39, 0.29) is 11.5 Å². The molecule has 0 saturated carbocycles. The number of allylic oxidation sites excluding steroid dienone is 1. The molecule has 2 aromatic carbocycles. The molecule has 2 heterocycles. The molecule has 0 aliphatic carbocycles. The number of H-pyrrole nitrogens is 1. The van der Waals surface area contributed by atoms with E-state index < -0.39 is 5.92 Å². The number of benzene rings is 2. The van der Waals surface area contributed by atoms with Crippen LogP contribution in [0.15, 0.2) is 53.9 Å². The van der Waals surface area contributed by atoms with Crippen LogP contribution in [0.5, 0.6) is 17.4 Å². The number of nitrogens with two attached hydrogens (primary N) is 1. The van der Waals surface area contributed by atoms with Crippen molar-refractivity contribution in [3.63, 3.8) is 0 Å². The quantitative estimate of drug-likeness (QED) is 0.676. The second-order valence-corrected chi connectivity index (χ2v) is 6.80. The Morgan fingerprint density at radius 2 is 2.03 bits per heavy atom. The molecule has 0 radical (unpaired) electrons. The van der Waals surface area contributed by atoms with Gasteiger partial charge in [0.05, 0.1) is 31.4 Å². The molecule has 0 spiro atoms. The highest BCUT2D eigenvalue weighted by Gasteiger charge is 2.36. The number of ether oxygens (including phenoxy) is 3. The predicted octanol–water partition coefficient (Wildman–Crippen LogP) is 3.97. The molecule has 1 aromatic heterocycles. The lowest BCUT2D eigenvalue weighted by Gasteiger charge is -2.24. The van der Waals surface area contributed by atoms with Crippen molar-refractivity contribution in [3.05, 3.63) is 70.1 Å². The van der Waals surface area contributed by atoms with Crippen LogP contribution in [0.4, 0.5) is 0 Å². The molecule has 1 aliphatic heterocycles. The molecule has 4 rings (SSSR count). The number of hydrogen-bond donors (Lipinski definition) is 2. The van der Waals surface area contributed by atoms with Gasteiger partial charge in [0.15, 0.2) is 0 Å². The number of fused-ring (bicyclic) bond motifs is 1. The van der Waals surface area contributed by atoms with Gasteiger partial charge in [0.1, 0.15) is 23.1 Å². The van der Waals surface area contributed by atoms with E-state index in [4.69, 9.17) is 31.5 Å². The molecule has 1 aliphatic rings. The summed E-state index contributed by atoms with van der Waals surface area (Å²) in [5.74, 6) is 1.07. The summed E-state index contributed by atoms with van der Waals surface area (Å²) in [7, 11) is 3.17. The number of nitrogens with one attached hydrogen (secondary N) is 1. The lowest BCUT2D eigenvalue weighted by molar-refractivity contribution is 0.379. The van der Waals surface area contributed by atoms with Gasteiger partial charge in [-0.05, 0) is 35.9 Å². The number of nitrogens with zero attached hydrogens (tertiary/aromatic N) is 2. The molecule has 0 fully saturated rings. The summed E-state index contributed by atoms with van der Waals surface area (Å²) in [5.41, 5.74) is 9.13. The maximum atomic E-state index is 9.79. The standard InChI is InChI=1S/C21H17ClN4O3/c1-27-13-6-7-16(28-2)14(9-13)19-18-17(11-4-3-5-12(22)8-11)15(10-23)20(24)29-21(18)26-25-19/h3-9,17H,24H2,1-2H3,(H,25,26)/t17-/m1/s1. The van der Waals surface area contributed by atoms with Gasteiger partial charge in [0.2, 0.25) is 11.8 Å². The summed E-state index contributed by atoms with van der Waals surface area (Å²) in [6, 6.07) is 14.9. The maximum Gasteiger partial charge on any atom is 0.244 e. The Hall–Kier alpha value is -3.63. The monoisotopic (exact) mass is 408 g/mol. The third kappa shape index (κ3) is 3.13. The van der Waals surface area contributed by atoms with Crippen molar-refractivity contribution in [2.45, 2.75) is 5.92 Å². The minimum absolute atomic E-state index is 0.0145. The first-order chi connectivity index (χ1) is 14.1. The summed E-state index contributed by atoms with van der Waals surface area (Å²) < 4.78 is 16.5. The fourth-order valence-corrected chi connectivity index (χ4v) is 3.68. The van der Waals surface area contributed by atoms with E-state index in [0.29, 0.717) is 39.2 Å². The van der Waals surface area contributed by atoms with Gasteiger partial charge in [-0.3, -0.25) is 5.10 Å². The first-order valence-corrected chi connectivity index (χ1v) is 9.08. The third-order valence-corrected chi connectivity index (χ3v) is 5.03. The van der Waals surface area contributed by atoms with Crippen molar-refractivity contribution < 1.29 is 14.2 Å². The van der Waals surface area contributed by atoms with Crippen LogP contribution in [0.3, 0.4) is 0 Å². The van der Waals surface area contributed by atoms with E-state index in [1.165, 1.54) is 0 Å². The number of hydrogen-bond acceptors (Lipinski definition) is 6. The molecular formula is C21H17ClN4O3. The highest BCUT2D eigenvalue weighted by Crippen LogP contribution is 2.47. The van der Waals surface area contributed by atoms with Gasteiger partial charge < -0.3 is 19.9 Å². The number of rotatable bonds is 4. The van der Waals surface area contributed by atoms with E-state index in [0.717, 1.165) is 5.56 Å². The Balaban J connectivity index is 1.98. The predicted molar refractivity (Wildman–Crippen MR) is 108 cm³/mol. The summed E-state index contributed by atoms with van der Waals surface area (Å²) in [4.78, 5) is 0. The van der Waals surface area contributed by atoms with Gasteiger partial charge in [-0.1, -0.05) is 23.7 Å². The smallest absolute Gasteiger partial charge is 0.244 e. The van der Waals surface area contributed by atoms with Gasteiger partial charge in [0.25, 0.3) is 0 Å². The molecule has 3 N–H and O–H groups in total. The van der Waals surface area contributed by atoms with Crippen LogP contribution in [0.2, 0.25) is 5.02 Å². The summed E-state index contributed by atoms with van der Waals surface area (Å²) >= 11 is 6.21. The van der Waals surface area contributed by atoms with Crippen molar-refractivity contribution >= 4 is 11.6 Å². The molecule has 0 amide bonds. The molecule has 1 atom stereocenters. The Morgan fingerprint density at radius 1 is 1.21 bits per heavy atom. The summed E-state index contributed by atoms with van der Waals surface area (Å²) in [5, 5.41) is 17.6. The molecule has 7 nitrogen and oxygen atoms in total. The van der Waals surface area contributed by atoms with Gasteiger partial charge in [0, 0.05) is 10.6 Å². The first-order valence-electron chi connectivity index (χ1n) is 8.71. The van der Waals surface area contributed by atoms with Gasteiger partial charge in [-0.15, -0.1) is 5.10 Å². The second kappa shape index (κ2) is 7.41. The van der Waals surface area contributed by atoms with Crippen molar-refractivity contribution in [1.29, 1.82) is 5.26 Å². The van der Waals surface area contributed by atoms with Crippen LogP contribution in [0.25, 0.3) is 11.3 Å². The molecule has 0 saturated heterocycles. The van der Waals surface area contributed by atoms with Crippen LogP contribution < -0.4 is 19.9 Å². The first kappa shape index (κ1) is 18.7. The number of aromatic nitrogens is 2. The van der Waals surface area contributed by atoms with E-state index in [1.54, 1.807) is 38.5 Å².